The molecule has 0 fully saturated rings. The molecular weight excluding hydrogens is 352 g/mol. The van der Waals surface area contributed by atoms with Gasteiger partial charge in [-0.1, -0.05) is 30.3 Å². The molecule has 1 aromatic carbocycles. The summed E-state index contributed by atoms with van der Waals surface area (Å²) in [5.74, 6) is -1.34. The summed E-state index contributed by atoms with van der Waals surface area (Å²) >= 11 is 5.62. The normalized spacial score (nSPS) is 12.0. The van der Waals surface area contributed by atoms with E-state index < -0.39 is 29.8 Å². The van der Waals surface area contributed by atoms with Crippen molar-refractivity contribution >= 4 is 29.8 Å². The molecule has 2 amide bonds. The van der Waals surface area contributed by atoms with E-state index in [1.54, 1.807) is 45.0 Å². The lowest BCUT2D eigenvalue weighted by molar-refractivity contribution is -0.142. The first kappa shape index (κ1) is 20.7. The lowest BCUT2D eigenvalue weighted by atomic mass is 10.2. The second-order valence-electron chi connectivity index (χ2n) is 5.94. The lowest BCUT2D eigenvalue weighted by Gasteiger charge is -2.19. The highest BCUT2D eigenvalue weighted by atomic mass is 35.5. The Balaban J connectivity index is 2.42. The van der Waals surface area contributed by atoms with Gasteiger partial charge in [0.2, 0.25) is 0 Å². The Hall–Kier alpha value is -2.32. The van der Waals surface area contributed by atoms with Gasteiger partial charge in [-0.15, -0.1) is 11.6 Å². The fourth-order valence-electron chi connectivity index (χ4n) is 1.45. The number of hydrogen-bond acceptors (Lipinski definition) is 6. The van der Waals surface area contributed by atoms with Gasteiger partial charge in [0.05, 0.1) is 11.5 Å². The van der Waals surface area contributed by atoms with Gasteiger partial charge in [0, 0.05) is 0 Å². The fourth-order valence-corrected chi connectivity index (χ4v) is 1.65. The van der Waals surface area contributed by atoms with Crippen molar-refractivity contribution in [1.29, 1.82) is 0 Å². The molecule has 0 saturated carbocycles. The van der Waals surface area contributed by atoms with Crippen LogP contribution in [0.1, 0.15) is 26.3 Å². The predicted octanol–water partition coefficient (Wildman–Crippen LogP) is 2.50. The Morgan fingerprint density at radius 2 is 1.76 bits per heavy atom. The maximum absolute atomic E-state index is 11.8. The molecule has 25 heavy (non-hydrogen) atoms. The van der Waals surface area contributed by atoms with Crippen molar-refractivity contribution in [1.82, 2.24) is 10.8 Å². The zero-order chi connectivity index (χ0) is 18.9. The smallest absolute Gasteiger partial charge is 0.439 e. The highest BCUT2D eigenvalue weighted by Crippen LogP contribution is 2.04. The number of hydroxylamine groups is 1. The molecule has 1 aromatic rings. The van der Waals surface area contributed by atoms with E-state index in [0.29, 0.717) is 0 Å². The maximum atomic E-state index is 11.8. The number of alkyl carbamates (subject to hydrolysis) is 1. The van der Waals surface area contributed by atoms with Crippen LogP contribution in [0, 0.1) is 0 Å². The fraction of sp³-hybridized carbons (Fsp3) is 0.438. The van der Waals surface area contributed by atoms with E-state index in [2.05, 4.69) is 10.1 Å². The van der Waals surface area contributed by atoms with Gasteiger partial charge in [-0.25, -0.2) is 14.4 Å². The molecule has 138 valence electrons. The highest BCUT2D eigenvalue weighted by molar-refractivity contribution is 6.20. The topological polar surface area (TPSA) is 103 Å². The Bertz CT molecular complexity index is 588. The van der Waals surface area contributed by atoms with Gasteiger partial charge in [0.1, 0.15) is 12.6 Å². The monoisotopic (exact) mass is 372 g/mol. The molecule has 0 aliphatic heterocycles. The minimum atomic E-state index is -1.25. The van der Waals surface area contributed by atoms with Crippen LogP contribution in [0.15, 0.2) is 30.3 Å². The van der Waals surface area contributed by atoms with Gasteiger partial charge in [-0.3, -0.25) is 4.84 Å². The summed E-state index contributed by atoms with van der Waals surface area (Å²) in [5, 5.41) is 2.23. The van der Waals surface area contributed by atoms with Crippen LogP contribution >= 0.6 is 11.6 Å². The number of benzene rings is 1. The second kappa shape index (κ2) is 9.85. The number of carbonyl (C=O) groups is 3. The molecule has 0 aliphatic rings. The molecule has 1 rings (SSSR count). The van der Waals surface area contributed by atoms with Gasteiger partial charge < -0.3 is 14.8 Å². The van der Waals surface area contributed by atoms with Gasteiger partial charge >= 0.3 is 18.2 Å². The minimum absolute atomic E-state index is 0.0244. The van der Waals surface area contributed by atoms with Gasteiger partial charge in [0.15, 0.2) is 0 Å². The number of esters is 1. The van der Waals surface area contributed by atoms with E-state index in [1.807, 2.05) is 11.5 Å². The molecule has 0 aromatic heterocycles. The van der Waals surface area contributed by atoms with Crippen LogP contribution in [0.3, 0.4) is 0 Å². The predicted molar refractivity (Wildman–Crippen MR) is 89.7 cm³/mol. The minimum Gasteiger partial charge on any atom is -0.445 e. The van der Waals surface area contributed by atoms with Crippen LogP contribution in [-0.4, -0.2) is 35.7 Å². The van der Waals surface area contributed by atoms with Crippen molar-refractivity contribution < 1.29 is 28.7 Å². The summed E-state index contributed by atoms with van der Waals surface area (Å²) < 4.78 is 9.46. The average Bonchev–Trinajstić information content (AvgIpc) is 2.56. The average molecular weight is 373 g/mol. The van der Waals surface area contributed by atoms with Crippen molar-refractivity contribution in [2.75, 3.05) is 5.88 Å². The van der Waals surface area contributed by atoms with Crippen LogP contribution in [0.25, 0.3) is 0 Å². The number of ether oxygens (including phenoxy) is 2. The van der Waals surface area contributed by atoms with Crippen LogP contribution in [0.4, 0.5) is 9.59 Å². The molecule has 0 unspecified atom stereocenters. The molecule has 0 aliphatic carbocycles. The lowest BCUT2D eigenvalue weighted by Crippen LogP contribution is -2.45. The number of amides is 2. The van der Waals surface area contributed by atoms with Crippen LogP contribution in [-0.2, 0) is 25.7 Å². The zero-order valence-corrected chi connectivity index (χ0v) is 15.0. The molecule has 8 nitrogen and oxygen atoms in total. The summed E-state index contributed by atoms with van der Waals surface area (Å²) in [6, 6.07) is 7.74. The Labute approximate surface area is 150 Å². The number of hydrogen-bond donors (Lipinski definition) is 2. The molecule has 0 spiro atoms. The van der Waals surface area contributed by atoms with Crippen molar-refractivity contribution in [3.8, 4) is 0 Å². The molecule has 0 radical (unpaired) electrons. The first-order valence-corrected chi connectivity index (χ1v) is 7.97. The number of carbonyl (C=O) groups excluding carboxylic acids is 3. The molecule has 0 bridgehead atoms. The second-order valence-corrected chi connectivity index (χ2v) is 6.25. The summed E-state index contributed by atoms with van der Waals surface area (Å²) in [4.78, 5) is 39.9. The zero-order valence-electron chi connectivity index (χ0n) is 14.2. The number of rotatable bonds is 6. The molecule has 0 heterocycles. The largest absolute Gasteiger partial charge is 0.445 e. The molecule has 0 saturated heterocycles. The van der Waals surface area contributed by atoms with E-state index in [4.69, 9.17) is 21.2 Å². The number of alkyl halides is 1. The maximum Gasteiger partial charge on any atom is 0.439 e. The number of nitrogens with one attached hydrogen (secondary N) is 2. The van der Waals surface area contributed by atoms with Crippen molar-refractivity contribution in [3.05, 3.63) is 35.9 Å². The quantitative estimate of drug-likeness (QED) is 0.344. The van der Waals surface area contributed by atoms with E-state index in [9.17, 15) is 14.4 Å². The summed E-state index contributed by atoms with van der Waals surface area (Å²) in [6.07, 6.45) is -1.98. The van der Waals surface area contributed by atoms with Crippen LogP contribution < -0.4 is 10.8 Å². The summed E-state index contributed by atoms with van der Waals surface area (Å²) in [7, 11) is 0. The molecular formula is C16H21ClN2O6. The third-order valence-corrected chi connectivity index (χ3v) is 2.89. The third-order valence-electron chi connectivity index (χ3n) is 2.58. The van der Waals surface area contributed by atoms with E-state index in [-0.39, 0.29) is 12.5 Å². The standard InChI is InChI=1S/C16H21ClN2O6/c1-16(2,3)25-19-15(22)24-13(20)12(9-17)18-14(21)23-10-11-7-5-4-6-8-11/h4-8,12H,9-10H2,1-3H3,(H,18,21)(H,19,22)/t12-/m0/s1. The SMILES string of the molecule is CC(C)(C)ONC(=O)OC(=O)[C@H](CCl)NC(=O)OCc1ccccc1. The molecule has 9 heteroatoms. The first-order chi connectivity index (χ1) is 11.7. The third kappa shape index (κ3) is 8.92. The Morgan fingerprint density at radius 1 is 1.12 bits per heavy atom. The van der Waals surface area contributed by atoms with Crippen molar-refractivity contribution in [2.45, 2.75) is 39.0 Å². The Kier molecular flexibility index (Phi) is 8.17. The van der Waals surface area contributed by atoms with Crippen LogP contribution in [0.5, 0.6) is 0 Å². The summed E-state index contributed by atoms with van der Waals surface area (Å²) in [6.45, 7) is 5.11. The van der Waals surface area contributed by atoms with E-state index in [0.717, 1.165) is 5.56 Å². The van der Waals surface area contributed by atoms with Crippen molar-refractivity contribution in [3.63, 3.8) is 0 Å². The summed E-state index contributed by atoms with van der Waals surface area (Å²) in [5.41, 5.74) is 2.08. The van der Waals surface area contributed by atoms with Gasteiger partial charge in [0.25, 0.3) is 0 Å². The highest BCUT2D eigenvalue weighted by Gasteiger charge is 2.25. The van der Waals surface area contributed by atoms with Crippen LogP contribution in [0.2, 0.25) is 0 Å². The van der Waals surface area contributed by atoms with E-state index in [1.165, 1.54) is 0 Å². The molecule has 2 N–H and O–H groups in total. The van der Waals surface area contributed by atoms with Gasteiger partial charge in [-0.2, -0.15) is 5.48 Å². The Morgan fingerprint density at radius 3 is 2.32 bits per heavy atom. The first-order valence-electron chi connectivity index (χ1n) is 7.44. The number of halogens is 1. The van der Waals surface area contributed by atoms with Gasteiger partial charge in [-0.05, 0) is 26.3 Å². The van der Waals surface area contributed by atoms with Crippen molar-refractivity contribution in [2.24, 2.45) is 0 Å². The van der Waals surface area contributed by atoms with E-state index >= 15 is 0 Å². The molecule has 1 atom stereocenters.